The molecule has 4 rings (SSSR count). The topological polar surface area (TPSA) is 18.5 Å². The summed E-state index contributed by atoms with van der Waals surface area (Å²) in [5, 5.41) is 0. The van der Waals surface area contributed by atoms with Crippen LogP contribution in [0.4, 0.5) is 0 Å². The van der Waals surface area contributed by atoms with Crippen LogP contribution in [-0.4, -0.2) is 29.4 Å². The van der Waals surface area contributed by atoms with E-state index in [9.17, 15) is 0 Å². The molecule has 2 nitrogen and oxygen atoms in total. The van der Waals surface area contributed by atoms with Crippen molar-refractivity contribution in [2.75, 3.05) is 0 Å². The van der Waals surface area contributed by atoms with Crippen LogP contribution in [0, 0.1) is 0 Å². The first-order valence-corrected chi connectivity index (χ1v) is 22.9. The van der Waals surface area contributed by atoms with Gasteiger partial charge < -0.3 is 0 Å². The molecule has 0 N–H and O–H groups in total. The summed E-state index contributed by atoms with van der Waals surface area (Å²) in [6.45, 7) is 18.3. The first-order chi connectivity index (χ1) is 21.5. The van der Waals surface area contributed by atoms with E-state index in [0.29, 0.717) is 0 Å². The van der Waals surface area contributed by atoms with Crippen molar-refractivity contribution in [1.29, 1.82) is 0 Å². The van der Waals surface area contributed by atoms with Crippen molar-refractivity contribution in [3.8, 4) is 0 Å². The summed E-state index contributed by atoms with van der Waals surface area (Å²) in [4.78, 5) is 0. The van der Waals surface area contributed by atoms with E-state index in [2.05, 4.69) is 128 Å². The van der Waals surface area contributed by atoms with Crippen LogP contribution in [0.5, 0.6) is 0 Å². The third-order valence-electron chi connectivity index (χ3n) is 9.11. The molecular weight excluding hydrogens is 658 g/mol. The molecule has 4 heteroatoms. The van der Waals surface area contributed by atoms with Crippen molar-refractivity contribution in [1.82, 2.24) is 0 Å². The summed E-state index contributed by atoms with van der Waals surface area (Å²) in [6, 6.07) is 27.5. The van der Waals surface area contributed by atoms with E-state index < -0.39 is 29.4 Å². The Kier molecular flexibility index (Phi) is 13.4. The summed E-state index contributed by atoms with van der Waals surface area (Å²) >= 11 is -5.31. The predicted octanol–water partition coefficient (Wildman–Crippen LogP) is 7.05. The number of hydrogen-bond donors (Lipinski definition) is 0. The molecular formula is C40H52Ge2O2. The van der Waals surface area contributed by atoms with Gasteiger partial charge in [0.2, 0.25) is 0 Å². The zero-order valence-electron chi connectivity index (χ0n) is 28.4. The zero-order chi connectivity index (χ0) is 31.6. The van der Waals surface area contributed by atoms with Gasteiger partial charge in [-0.1, -0.05) is 0 Å². The molecule has 0 aromatic heterocycles. The second-order valence-corrected chi connectivity index (χ2v) is 19.1. The van der Waals surface area contributed by atoms with Gasteiger partial charge in [0.15, 0.2) is 0 Å². The molecule has 0 fully saturated rings. The molecule has 44 heavy (non-hydrogen) atoms. The van der Waals surface area contributed by atoms with Crippen LogP contribution in [0.25, 0.3) is 0 Å². The standard InChI is InChI=1S/C40H52Ge2O2/c1-9-29-21-17-22-30(10-2)37(29)41(38-31(11-3)23-18-24-32(38)12-4)43-44-42(39-33(13-5)25-19-26-34(39)14-6)40-35(15-7)27-20-28-36(40)16-8/h17-28H,9-16H2,1-8H3. The second kappa shape index (κ2) is 17.0. The monoisotopic (exact) mass is 712 g/mol. The van der Waals surface area contributed by atoms with Gasteiger partial charge in [0.05, 0.1) is 0 Å². The minimum absolute atomic E-state index is 0.999. The Morgan fingerprint density at radius 2 is 0.477 bits per heavy atom. The third kappa shape index (κ3) is 7.30. The Labute approximate surface area is 277 Å². The van der Waals surface area contributed by atoms with Crippen molar-refractivity contribution < 1.29 is 7.83 Å². The van der Waals surface area contributed by atoms with E-state index in [1.165, 1.54) is 62.1 Å². The van der Waals surface area contributed by atoms with Crippen LogP contribution < -0.4 is 17.6 Å². The average Bonchev–Trinajstić information content (AvgIpc) is 3.09. The number of hydrogen-bond acceptors (Lipinski definition) is 2. The van der Waals surface area contributed by atoms with Gasteiger partial charge in [0.25, 0.3) is 0 Å². The van der Waals surface area contributed by atoms with Crippen LogP contribution in [0.1, 0.15) is 99.9 Å². The van der Waals surface area contributed by atoms with E-state index >= 15 is 0 Å². The molecule has 2 radical (unpaired) electrons. The van der Waals surface area contributed by atoms with E-state index in [0.717, 1.165) is 51.4 Å². The Hall–Kier alpha value is -2.11. The van der Waals surface area contributed by atoms with Crippen molar-refractivity contribution in [3.63, 3.8) is 0 Å². The molecule has 0 aliphatic heterocycles. The van der Waals surface area contributed by atoms with Crippen LogP contribution in [0.3, 0.4) is 0 Å². The summed E-state index contributed by atoms with van der Waals surface area (Å²) < 4.78 is 20.4. The first kappa shape index (κ1) is 34.8. The third-order valence-corrected chi connectivity index (χ3v) is 20.1. The van der Waals surface area contributed by atoms with Crippen molar-refractivity contribution in [2.24, 2.45) is 0 Å². The van der Waals surface area contributed by atoms with Crippen LogP contribution >= 0.6 is 0 Å². The molecule has 0 amide bonds. The maximum absolute atomic E-state index is 7.29. The first-order valence-electron chi connectivity index (χ1n) is 17.0. The van der Waals surface area contributed by atoms with Gasteiger partial charge in [-0.2, -0.15) is 0 Å². The molecule has 0 bridgehead atoms. The SMILES string of the molecule is CCc1cccc(CC)[c]1[Ge]([O][O][Ge]([c]1c(CC)cccc1CC)[c]1c(CC)cccc1CC)[c]1c(CC)cccc1CC. The van der Waals surface area contributed by atoms with Gasteiger partial charge >= 0.3 is 279 Å². The van der Waals surface area contributed by atoms with Crippen LogP contribution in [0.15, 0.2) is 72.8 Å². The molecule has 0 saturated heterocycles. The second-order valence-electron chi connectivity index (χ2n) is 11.5. The van der Waals surface area contributed by atoms with Gasteiger partial charge in [-0.05, 0) is 0 Å². The fourth-order valence-electron chi connectivity index (χ4n) is 6.64. The average molecular weight is 710 g/mol. The number of benzene rings is 4. The van der Waals surface area contributed by atoms with Crippen molar-refractivity contribution in [3.05, 3.63) is 117 Å². The Balaban J connectivity index is 2.01. The van der Waals surface area contributed by atoms with Crippen LogP contribution in [-0.2, 0) is 59.2 Å². The minimum atomic E-state index is -2.66. The van der Waals surface area contributed by atoms with E-state index in [1.807, 2.05) is 0 Å². The molecule has 0 aliphatic rings. The van der Waals surface area contributed by atoms with E-state index in [1.54, 1.807) is 0 Å². The van der Waals surface area contributed by atoms with E-state index in [-0.39, 0.29) is 0 Å². The summed E-state index contributed by atoms with van der Waals surface area (Å²) in [7, 11) is 0. The molecule has 0 unspecified atom stereocenters. The maximum atomic E-state index is 7.29. The Morgan fingerprint density at radius 3 is 0.614 bits per heavy atom. The molecule has 0 heterocycles. The van der Waals surface area contributed by atoms with Gasteiger partial charge in [0.1, 0.15) is 0 Å². The summed E-state index contributed by atoms with van der Waals surface area (Å²) in [6.07, 6.45) is 7.99. The quantitative estimate of drug-likeness (QED) is 0.0749. The number of aryl methyl sites for hydroxylation is 8. The normalized spacial score (nSPS) is 11.6. The summed E-state index contributed by atoms with van der Waals surface area (Å²) in [5.41, 5.74) is 11.4. The zero-order valence-corrected chi connectivity index (χ0v) is 32.6. The summed E-state index contributed by atoms with van der Waals surface area (Å²) in [5.74, 6) is 0. The molecule has 0 saturated carbocycles. The molecule has 232 valence electrons. The molecule has 0 atom stereocenters. The predicted molar refractivity (Wildman–Crippen MR) is 193 cm³/mol. The van der Waals surface area contributed by atoms with Crippen molar-refractivity contribution in [2.45, 2.75) is 107 Å². The molecule has 4 aromatic carbocycles. The van der Waals surface area contributed by atoms with E-state index in [4.69, 9.17) is 7.83 Å². The Bertz CT molecular complexity index is 1210. The number of rotatable bonds is 15. The molecule has 0 aliphatic carbocycles. The van der Waals surface area contributed by atoms with Gasteiger partial charge in [-0.25, -0.2) is 0 Å². The molecule has 4 aromatic rings. The van der Waals surface area contributed by atoms with Crippen molar-refractivity contribution >= 4 is 47.0 Å². The fraction of sp³-hybridized carbons (Fsp3) is 0.400. The molecule has 0 spiro atoms. The van der Waals surface area contributed by atoms with Gasteiger partial charge in [0, 0.05) is 0 Å². The van der Waals surface area contributed by atoms with Gasteiger partial charge in [-0.15, -0.1) is 0 Å². The van der Waals surface area contributed by atoms with Gasteiger partial charge in [-0.3, -0.25) is 0 Å². The fourth-order valence-corrected chi connectivity index (χ4v) is 19.8. The Morgan fingerprint density at radius 1 is 0.318 bits per heavy atom. The van der Waals surface area contributed by atoms with Crippen LogP contribution in [0.2, 0.25) is 0 Å².